The van der Waals surface area contributed by atoms with E-state index in [0.29, 0.717) is 0 Å². The maximum absolute atomic E-state index is 9.60. The van der Waals surface area contributed by atoms with Crippen molar-refractivity contribution >= 4 is 26.7 Å². The fraction of sp³-hybridized carbons (Fsp3) is 0.167. The van der Waals surface area contributed by atoms with Crippen LogP contribution in [0.3, 0.4) is 0 Å². The van der Waals surface area contributed by atoms with E-state index >= 15 is 0 Å². The third-order valence-electron chi connectivity index (χ3n) is 2.35. The van der Waals surface area contributed by atoms with Crippen LogP contribution in [-0.2, 0) is 0 Å². The second-order valence-electron chi connectivity index (χ2n) is 3.36. The van der Waals surface area contributed by atoms with Gasteiger partial charge in [-0.3, -0.25) is 0 Å². The number of hydrogen-bond donors (Lipinski definition) is 1. The lowest BCUT2D eigenvalue weighted by atomic mass is 10.0. The summed E-state index contributed by atoms with van der Waals surface area (Å²) in [4.78, 5) is 0. The molecule has 2 rings (SSSR count). The van der Waals surface area contributed by atoms with Crippen molar-refractivity contribution in [2.24, 2.45) is 0 Å². The summed E-state index contributed by atoms with van der Waals surface area (Å²) in [6.07, 6.45) is -0.423. The summed E-state index contributed by atoms with van der Waals surface area (Å²) in [6, 6.07) is 12.0. The highest BCUT2D eigenvalue weighted by Crippen LogP contribution is 2.29. The van der Waals surface area contributed by atoms with E-state index in [1.54, 1.807) is 6.92 Å². The van der Waals surface area contributed by atoms with Gasteiger partial charge >= 0.3 is 0 Å². The smallest absolute Gasteiger partial charge is 0.0767 e. The van der Waals surface area contributed by atoms with E-state index in [1.165, 1.54) is 0 Å². The highest BCUT2D eigenvalue weighted by atomic mass is 79.9. The first-order chi connectivity index (χ1) is 6.70. The molecule has 1 atom stereocenters. The molecule has 2 aromatic carbocycles. The van der Waals surface area contributed by atoms with Gasteiger partial charge < -0.3 is 5.11 Å². The SMILES string of the molecule is CC(O)c1cccc2c(Br)cccc12. The van der Waals surface area contributed by atoms with Crippen molar-refractivity contribution in [3.05, 3.63) is 46.4 Å². The molecule has 1 nitrogen and oxygen atoms in total. The quantitative estimate of drug-likeness (QED) is 0.820. The van der Waals surface area contributed by atoms with Gasteiger partial charge in [-0.1, -0.05) is 46.3 Å². The van der Waals surface area contributed by atoms with Crippen molar-refractivity contribution in [2.45, 2.75) is 13.0 Å². The van der Waals surface area contributed by atoms with E-state index in [4.69, 9.17) is 0 Å². The van der Waals surface area contributed by atoms with Crippen LogP contribution >= 0.6 is 15.9 Å². The molecule has 0 radical (unpaired) electrons. The van der Waals surface area contributed by atoms with Crippen LogP contribution in [0.1, 0.15) is 18.6 Å². The molecule has 0 aromatic heterocycles. The first-order valence-electron chi connectivity index (χ1n) is 4.55. The zero-order chi connectivity index (χ0) is 10.1. The fourth-order valence-corrected chi connectivity index (χ4v) is 2.16. The highest BCUT2D eigenvalue weighted by molar-refractivity contribution is 9.10. The zero-order valence-electron chi connectivity index (χ0n) is 7.87. The first kappa shape index (κ1) is 9.69. The van der Waals surface area contributed by atoms with Gasteiger partial charge in [0.1, 0.15) is 0 Å². The summed E-state index contributed by atoms with van der Waals surface area (Å²) in [7, 11) is 0. The van der Waals surface area contributed by atoms with Crippen molar-refractivity contribution in [2.75, 3.05) is 0 Å². The van der Waals surface area contributed by atoms with Crippen LogP contribution in [0, 0.1) is 0 Å². The fourth-order valence-electron chi connectivity index (χ4n) is 1.66. The number of halogens is 1. The highest BCUT2D eigenvalue weighted by Gasteiger charge is 2.06. The molecule has 0 aliphatic heterocycles. The number of rotatable bonds is 1. The number of hydrogen-bond acceptors (Lipinski definition) is 1. The Morgan fingerprint density at radius 2 is 1.71 bits per heavy atom. The van der Waals surface area contributed by atoms with Gasteiger partial charge in [0.15, 0.2) is 0 Å². The number of aliphatic hydroxyl groups is 1. The molecule has 1 N–H and O–H groups in total. The Morgan fingerprint density at radius 3 is 2.43 bits per heavy atom. The molecule has 0 aliphatic rings. The summed E-state index contributed by atoms with van der Waals surface area (Å²) in [5.41, 5.74) is 0.976. The summed E-state index contributed by atoms with van der Waals surface area (Å²) in [6.45, 7) is 1.79. The molecule has 14 heavy (non-hydrogen) atoms. The van der Waals surface area contributed by atoms with Crippen molar-refractivity contribution < 1.29 is 5.11 Å². The topological polar surface area (TPSA) is 20.2 Å². The Morgan fingerprint density at radius 1 is 1.07 bits per heavy atom. The summed E-state index contributed by atoms with van der Waals surface area (Å²) >= 11 is 3.50. The standard InChI is InChI=1S/C12H11BrO/c1-8(14)9-4-2-6-11-10(9)5-3-7-12(11)13/h2-8,14H,1H3. The molecule has 0 heterocycles. The molecule has 72 valence electrons. The molecule has 0 spiro atoms. The Labute approximate surface area is 91.5 Å². The van der Waals surface area contributed by atoms with Crippen LogP contribution < -0.4 is 0 Å². The van der Waals surface area contributed by atoms with Crippen LogP contribution in [-0.4, -0.2) is 5.11 Å². The van der Waals surface area contributed by atoms with Crippen LogP contribution in [0.2, 0.25) is 0 Å². The lowest BCUT2D eigenvalue weighted by molar-refractivity contribution is 0.201. The van der Waals surface area contributed by atoms with Gasteiger partial charge in [0.25, 0.3) is 0 Å². The Hall–Kier alpha value is -0.860. The van der Waals surface area contributed by atoms with Gasteiger partial charge in [0.2, 0.25) is 0 Å². The first-order valence-corrected chi connectivity index (χ1v) is 5.34. The Balaban J connectivity index is 2.81. The summed E-state index contributed by atoms with van der Waals surface area (Å²) < 4.78 is 1.07. The Kier molecular flexibility index (Phi) is 2.57. The van der Waals surface area contributed by atoms with E-state index < -0.39 is 6.10 Å². The van der Waals surface area contributed by atoms with E-state index in [0.717, 1.165) is 20.8 Å². The molecule has 0 saturated heterocycles. The number of aliphatic hydroxyl groups excluding tert-OH is 1. The van der Waals surface area contributed by atoms with Crippen LogP contribution in [0.25, 0.3) is 10.8 Å². The van der Waals surface area contributed by atoms with Gasteiger partial charge in [-0.2, -0.15) is 0 Å². The molecule has 0 amide bonds. The molecule has 0 aliphatic carbocycles. The minimum Gasteiger partial charge on any atom is -0.389 e. The average Bonchev–Trinajstić information content (AvgIpc) is 2.17. The maximum Gasteiger partial charge on any atom is 0.0767 e. The Bertz CT molecular complexity index is 463. The molecule has 1 unspecified atom stereocenters. The lowest BCUT2D eigenvalue weighted by Gasteiger charge is -2.09. The minimum atomic E-state index is -0.423. The zero-order valence-corrected chi connectivity index (χ0v) is 9.45. The van der Waals surface area contributed by atoms with Crippen LogP contribution in [0.5, 0.6) is 0 Å². The predicted molar refractivity (Wildman–Crippen MR) is 62.3 cm³/mol. The molecule has 0 saturated carbocycles. The second-order valence-corrected chi connectivity index (χ2v) is 4.21. The molecular formula is C12H11BrO. The van der Waals surface area contributed by atoms with Gasteiger partial charge in [0, 0.05) is 4.47 Å². The van der Waals surface area contributed by atoms with Crippen molar-refractivity contribution in [1.82, 2.24) is 0 Å². The monoisotopic (exact) mass is 250 g/mol. The van der Waals surface area contributed by atoms with Gasteiger partial charge in [-0.05, 0) is 29.3 Å². The lowest BCUT2D eigenvalue weighted by Crippen LogP contribution is -1.92. The number of fused-ring (bicyclic) bond motifs is 1. The van der Waals surface area contributed by atoms with Crippen LogP contribution in [0.4, 0.5) is 0 Å². The van der Waals surface area contributed by atoms with Crippen molar-refractivity contribution in [3.63, 3.8) is 0 Å². The summed E-state index contributed by atoms with van der Waals surface area (Å²) in [5, 5.41) is 11.8. The third-order valence-corrected chi connectivity index (χ3v) is 3.04. The largest absolute Gasteiger partial charge is 0.389 e. The van der Waals surface area contributed by atoms with E-state index in [-0.39, 0.29) is 0 Å². The molecular weight excluding hydrogens is 240 g/mol. The molecule has 0 bridgehead atoms. The van der Waals surface area contributed by atoms with E-state index in [2.05, 4.69) is 15.9 Å². The van der Waals surface area contributed by atoms with Crippen LogP contribution in [0.15, 0.2) is 40.9 Å². The summed E-state index contributed by atoms with van der Waals surface area (Å²) in [5.74, 6) is 0. The predicted octanol–water partition coefficient (Wildman–Crippen LogP) is 3.66. The van der Waals surface area contributed by atoms with E-state index in [1.807, 2.05) is 36.4 Å². The minimum absolute atomic E-state index is 0.423. The van der Waals surface area contributed by atoms with Crippen molar-refractivity contribution in [3.8, 4) is 0 Å². The third kappa shape index (κ3) is 1.56. The normalized spacial score (nSPS) is 13.1. The molecule has 2 aromatic rings. The van der Waals surface area contributed by atoms with Gasteiger partial charge in [-0.25, -0.2) is 0 Å². The number of benzene rings is 2. The van der Waals surface area contributed by atoms with E-state index in [9.17, 15) is 5.11 Å². The second kappa shape index (κ2) is 3.71. The molecule has 0 fully saturated rings. The van der Waals surface area contributed by atoms with Crippen molar-refractivity contribution in [1.29, 1.82) is 0 Å². The maximum atomic E-state index is 9.60. The van der Waals surface area contributed by atoms with Gasteiger partial charge in [0.05, 0.1) is 6.10 Å². The molecule has 2 heteroatoms. The van der Waals surface area contributed by atoms with Gasteiger partial charge in [-0.15, -0.1) is 0 Å². The average molecular weight is 251 g/mol.